The van der Waals surface area contributed by atoms with Gasteiger partial charge in [-0.05, 0) is 31.2 Å². The fraction of sp³-hybridized carbons (Fsp3) is 0.636. The average Bonchev–Trinajstić information content (AvgIpc) is 2.31. The van der Waals surface area contributed by atoms with Crippen molar-refractivity contribution in [3.63, 3.8) is 0 Å². The van der Waals surface area contributed by atoms with E-state index in [4.69, 9.17) is 9.47 Å². The van der Waals surface area contributed by atoms with Gasteiger partial charge >= 0.3 is 0 Å². The Morgan fingerprint density at radius 2 is 2.40 bits per heavy atom. The van der Waals surface area contributed by atoms with Crippen molar-refractivity contribution in [2.75, 3.05) is 20.3 Å². The SMILES string of the molecule is COc1ccc(CC2CCCOC2)nn1. The van der Waals surface area contributed by atoms with Crippen LogP contribution in [0.2, 0.25) is 0 Å². The van der Waals surface area contributed by atoms with E-state index in [1.165, 1.54) is 6.42 Å². The molecule has 1 aromatic heterocycles. The van der Waals surface area contributed by atoms with E-state index in [0.717, 1.165) is 31.7 Å². The zero-order valence-corrected chi connectivity index (χ0v) is 8.98. The summed E-state index contributed by atoms with van der Waals surface area (Å²) >= 11 is 0. The summed E-state index contributed by atoms with van der Waals surface area (Å²) in [5.41, 5.74) is 1.02. The molecule has 0 radical (unpaired) electrons. The highest BCUT2D eigenvalue weighted by Gasteiger charge is 2.15. The maximum absolute atomic E-state index is 5.43. The molecule has 1 atom stereocenters. The lowest BCUT2D eigenvalue weighted by atomic mass is 9.97. The van der Waals surface area contributed by atoms with E-state index in [1.807, 2.05) is 12.1 Å². The van der Waals surface area contributed by atoms with E-state index in [9.17, 15) is 0 Å². The third-order valence-corrected chi connectivity index (χ3v) is 2.66. The number of hydrogen-bond donors (Lipinski definition) is 0. The molecule has 0 N–H and O–H groups in total. The van der Waals surface area contributed by atoms with Gasteiger partial charge in [-0.1, -0.05) is 0 Å². The van der Waals surface area contributed by atoms with Gasteiger partial charge < -0.3 is 9.47 Å². The molecule has 0 spiro atoms. The second kappa shape index (κ2) is 5.07. The Balaban J connectivity index is 1.91. The summed E-state index contributed by atoms with van der Waals surface area (Å²) in [6, 6.07) is 3.83. The highest BCUT2D eigenvalue weighted by Crippen LogP contribution is 2.18. The minimum Gasteiger partial charge on any atom is -0.480 e. The van der Waals surface area contributed by atoms with Crippen LogP contribution in [0.15, 0.2) is 12.1 Å². The smallest absolute Gasteiger partial charge is 0.233 e. The Morgan fingerprint density at radius 3 is 3.00 bits per heavy atom. The second-order valence-corrected chi connectivity index (χ2v) is 3.85. The first-order valence-corrected chi connectivity index (χ1v) is 5.33. The predicted octanol–water partition coefficient (Wildman–Crippen LogP) is 1.45. The second-order valence-electron chi connectivity index (χ2n) is 3.85. The largest absolute Gasteiger partial charge is 0.480 e. The van der Waals surface area contributed by atoms with Crippen LogP contribution in [0.1, 0.15) is 18.5 Å². The molecule has 0 amide bonds. The molecule has 1 aliphatic rings. The molecular weight excluding hydrogens is 192 g/mol. The molecule has 82 valence electrons. The molecule has 2 heterocycles. The normalized spacial score (nSPS) is 21.3. The molecule has 1 unspecified atom stereocenters. The standard InChI is InChI=1S/C11H16N2O2/c1-14-11-5-4-10(12-13-11)7-9-3-2-6-15-8-9/h4-5,9H,2-3,6-8H2,1H3. The highest BCUT2D eigenvalue weighted by atomic mass is 16.5. The molecular formula is C11H16N2O2. The van der Waals surface area contributed by atoms with Crippen LogP contribution in [0.4, 0.5) is 0 Å². The van der Waals surface area contributed by atoms with Gasteiger partial charge in [-0.2, -0.15) is 5.10 Å². The molecule has 4 nitrogen and oxygen atoms in total. The maximum Gasteiger partial charge on any atom is 0.233 e. The van der Waals surface area contributed by atoms with Crippen molar-refractivity contribution in [1.82, 2.24) is 10.2 Å². The zero-order chi connectivity index (χ0) is 10.5. The molecule has 1 saturated heterocycles. The third-order valence-electron chi connectivity index (χ3n) is 2.66. The van der Waals surface area contributed by atoms with Gasteiger partial charge in [-0.15, -0.1) is 5.10 Å². The first-order valence-electron chi connectivity index (χ1n) is 5.33. The van der Waals surface area contributed by atoms with Crippen LogP contribution in [0.5, 0.6) is 5.88 Å². The van der Waals surface area contributed by atoms with Crippen LogP contribution >= 0.6 is 0 Å². The van der Waals surface area contributed by atoms with Crippen molar-refractivity contribution in [2.45, 2.75) is 19.3 Å². The van der Waals surface area contributed by atoms with Crippen LogP contribution in [0.25, 0.3) is 0 Å². The van der Waals surface area contributed by atoms with Gasteiger partial charge in [-0.3, -0.25) is 0 Å². The van der Waals surface area contributed by atoms with Gasteiger partial charge in [0.05, 0.1) is 12.8 Å². The fourth-order valence-corrected chi connectivity index (χ4v) is 1.83. The number of rotatable bonds is 3. The molecule has 0 aromatic carbocycles. The van der Waals surface area contributed by atoms with Crippen LogP contribution in [0.3, 0.4) is 0 Å². The summed E-state index contributed by atoms with van der Waals surface area (Å²) in [6.45, 7) is 1.76. The molecule has 4 heteroatoms. The van der Waals surface area contributed by atoms with Crippen LogP contribution in [-0.2, 0) is 11.2 Å². The van der Waals surface area contributed by atoms with Crippen molar-refractivity contribution in [3.8, 4) is 5.88 Å². The van der Waals surface area contributed by atoms with Gasteiger partial charge in [0.2, 0.25) is 5.88 Å². The van der Waals surface area contributed by atoms with Gasteiger partial charge in [0, 0.05) is 19.3 Å². The number of ether oxygens (including phenoxy) is 2. The van der Waals surface area contributed by atoms with Gasteiger partial charge in [0.15, 0.2) is 0 Å². The van der Waals surface area contributed by atoms with E-state index < -0.39 is 0 Å². The summed E-state index contributed by atoms with van der Waals surface area (Å²) in [6.07, 6.45) is 3.35. The number of nitrogens with zero attached hydrogens (tertiary/aromatic N) is 2. The van der Waals surface area contributed by atoms with Gasteiger partial charge in [0.1, 0.15) is 0 Å². The van der Waals surface area contributed by atoms with Crippen molar-refractivity contribution in [2.24, 2.45) is 5.92 Å². The van der Waals surface area contributed by atoms with E-state index >= 15 is 0 Å². The lowest BCUT2D eigenvalue weighted by Gasteiger charge is -2.21. The summed E-state index contributed by atoms with van der Waals surface area (Å²) in [5.74, 6) is 1.17. The lowest BCUT2D eigenvalue weighted by Crippen LogP contribution is -2.19. The number of hydrogen-bond acceptors (Lipinski definition) is 4. The Hall–Kier alpha value is -1.16. The summed E-state index contributed by atoms with van der Waals surface area (Å²) in [4.78, 5) is 0. The molecule has 15 heavy (non-hydrogen) atoms. The number of aromatic nitrogens is 2. The first kappa shape index (κ1) is 10.4. The van der Waals surface area contributed by atoms with Crippen molar-refractivity contribution in [3.05, 3.63) is 17.8 Å². The zero-order valence-electron chi connectivity index (χ0n) is 8.98. The number of methoxy groups -OCH3 is 1. The molecule has 1 aliphatic heterocycles. The fourth-order valence-electron chi connectivity index (χ4n) is 1.83. The quantitative estimate of drug-likeness (QED) is 0.754. The Morgan fingerprint density at radius 1 is 1.47 bits per heavy atom. The van der Waals surface area contributed by atoms with Crippen molar-refractivity contribution >= 4 is 0 Å². The van der Waals surface area contributed by atoms with E-state index in [-0.39, 0.29) is 0 Å². The van der Waals surface area contributed by atoms with Gasteiger partial charge in [0.25, 0.3) is 0 Å². The molecule has 0 saturated carbocycles. The molecule has 0 bridgehead atoms. The molecule has 0 aliphatic carbocycles. The summed E-state index contributed by atoms with van der Waals surface area (Å²) in [5, 5.41) is 8.06. The minimum atomic E-state index is 0.568. The topological polar surface area (TPSA) is 44.2 Å². The molecule has 1 fully saturated rings. The van der Waals surface area contributed by atoms with E-state index in [2.05, 4.69) is 10.2 Å². The summed E-state index contributed by atoms with van der Waals surface area (Å²) in [7, 11) is 1.60. The Bertz CT molecular complexity index is 294. The van der Waals surface area contributed by atoms with Crippen LogP contribution < -0.4 is 4.74 Å². The average molecular weight is 208 g/mol. The molecule has 1 aromatic rings. The predicted molar refractivity (Wildman–Crippen MR) is 55.8 cm³/mol. The van der Waals surface area contributed by atoms with Crippen molar-refractivity contribution < 1.29 is 9.47 Å². The monoisotopic (exact) mass is 208 g/mol. The summed E-state index contributed by atoms with van der Waals surface area (Å²) < 4.78 is 10.4. The van der Waals surface area contributed by atoms with E-state index in [1.54, 1.807) is 7.11 Å². The lowest BCUT2D eigenvalue weighted by molar-refractivity contribution is 0.0546. The van der Waals surface area contributed by atoms with Gasteiger partial charge in [-0.25, -0.2) is 0 Å². The third kappa shape index (κ3) is 2.89. The molecule has 2 rings (SSSR count). The van der Waals surface area contributed by atoms with Crippen LogP contribution in [0, 0.1) is 5.92 Å². The first-order chi connectivity index (χ1) is 7.38. The minimum absolute atomic E-state index is 0.568. The van der Waals surface area contributed by atoms with E-state index in [0.29, 0.717) is 11.8 Å². The van der Waals surface area contributed by atoms with Crippen molar-refractivity contribution in [1.29, 1.82) is 0 Å². The van der Waals surface area contributed by atoms with Crippen LogP contribution in [-0.4, -0.2) is 30.5 Å². The Kier molecular flexibility index (Phi) is 3.50. The maximum atomic E-state index is 5.43. The Labute approximate surface area is 89.6 Å². The highest BCUT2D eigenvalue weighted by molar-refractivity contribution is 5.11.